The second kappa shape index (κ2) is 9.25. The lowest BCUT2D eigenvalue weighted by atomic mass is 9.95. The Kier molecular flexibility index (Phi) is 6.26. The Morgan fingerprint density at radius 3 is 2.58 bits per heavy atom. The van der Waals surface area contributed by atoms with Gasteiger partial charge in [0.15, 0.2) is 11.5 Å². The highest BCUT2D eigenvalue weighted by molar-refractivity contribution is 6.00. The van der Waals surface area contributed by atoms with Gasteiger partial charge in [-0.05, 0) is 30.5 Å². The molecule has 6 heteroatoms. The maximum absolute atomic E-state index is 13.2. The number of H-pyrrole nitrogens is 1. The normalized spacial score (nSPS) is 15.3. The smallest absolute Gasteiger partial charge is 0.273 e. The molecule has 0 fully saturated rings. The Balaban J connectivity index is 1.78. The molecule has 0 saturated heterocycles. The molecule has 1 N–H and O–H groups in total. The number of methoxy groups -OCH3 is 1. The van der Waals surface area contributed by atoms with Crippen LogP contribution in [0.15, 0.2) is 48.5 Å². The SMILES string of the molecule is CCCCOc1ccc(C2c3c(-c4ccccc4)n[nH]c3C(=O)N2CCC)cc1OC. The van der Waals surface area contributed by atoms with E-state index >= 15 is 0 Å². The van der Waals surface area contributed by atoms with Gasteiger partial charge in [-0.1, -0.05) is 56.7 Å². The minimum Gasteiger partial charge on any atom is -0.493 e. The molecule has 1 aliphatic heterocycles. The number of nitrogens with zero attached hydrogens (tertiary/aromatic N) is 2. The summed E-state index contributed by atoms with van der Waals surface area (Å²) in [5, 5.41) is 7.51. The lowest BCUT2D eigenvalue weighted by Gasteiger charge is -2.26. The molecule has 1 aliphatic rings. The van der Waals surface area contributed by atoms with Crippen molar-refractivity contribution in [2.75, 3.05) is 20.3 Å². The molecule has 162 valence electrons. The molecular weight excluding hydrogens is 390 g/mol. The molecule has 0 aliphatic carbocycles. The first kappa shape index (κ1) is 21.0. The molecule has 0 bridgehead atoms. The molecule has 1 atom stereocenters. The average molecular weight is 420 g/mol. The van der Waals surface area contributed by atoms with Gasteiger partial charge in [0.1, 0.15) is 5.69 Å². The van der Waals surface area contributed by atoms with E-state index in [9.17, 15) is 4.79 Å². The summed E-state index contributed by atoms with van der Waals surface area (Å²) in [7, 11) is 1.65. The molecule has 1 amide bonds. The third kappa shape index (κ3) is 3.90. The van der Waals surface area contributed by atoms with Crippen LogP contribution in [0.3, 0.4) is 0 Å². The lowest BCUT2D eigenvalue weighted by Crippen LogP contribution is -2.30. The predicted octanol–water partition coefficient (Wildman–Crippen LogP) is 5.22. The first-order valence-corrected chi connectivity index (χ1v) is 10.9. The minimum atomic E-state index is -0.227. The number of carbonyl (C=O) groups excluding carboxylic acids is 1. The Labute approximate surface area is 183 Å². The highest BCUT2D eigenvalue weighted by atomic mass is 16.5. The molecule has 0 radical (unpaired) electrons. The van der Waals surface area contributed by atoms with Gasteiger partial charge in [0.2, 0.25) is 0 Å². The first-order valence-electron chi connectivity index (χ1n) is 10.9. The first-order chi connectivity index (χ1) is 15.2. The highest BCUT2D eigenvalue weighted by Gasteiger charge is 2.41. The Bertz CT molecular complexity index is 1050. The number of benzene rings is 2. The monoisotopic (exact) mass is 419 g/mol. The molecule has 2 heterocycles. The van der Waals surface area contributed by atoms with Gasteiger partial charge < -0.3 is 14.4 Å². The minimum absolute atomic E-state index is 0.0150. The third-order valence-corrected chi connectivity index (χ3v) is 5.63. The number of nitrogens with one attached hydrogen (secondary N) is 1. The summed E-state index contributed by atoms with van der Waals surface area (Å²) in [4.78, 5) is 15.1. The van der Waals surface area contributed by atoms with Crippen molar-refractivity contribution in [3.63, 3.8) is 0 Å². The van der Waals surface area contributed by atoms with E-state index in [4.69, 9.17) is 9.47 Å². The number of fused-ring (bicyclic) bond motifs is 1. The maximum atomic E-state index is 13.2. The van der Waals surface area contributed by atoms with Crippen molar-refractivity contribution in [2.45, 2.75) is 39.2 Å². The van der Waals surface area contributed by atoms with Gasteiger partial charge in [0, 0.05) is 17.7 Å². The van der Waals surface area contributed by atoms with Gasteiger partial charge >= 0.3 is 0 Å². The van der Waals surface area contributed by atoms with Crippen LogP contribution in [0.5, 0.6) is 11.5 Å². The van der Waals surface area contributed by atoms with Gasteiger partial charge in [0.25, 0.3) is 5.91 Å². The number of ether oxygens (including phenoxy) is 2. The van der Waals surface area contributed by atoms with E-state index < -0.39 is 0 Å². The van der Waals surface area contributed by atoms with E-state index in [2.05, 4.69) is 24.0 Å². The predicted molar refractivity (Wildman–Crippen MR) is 121 cm³/mol. The zero-order valence-corrected chi connectivity index (χ0v) is 18.4. The van der Waals surface area contributed by atoms with E-state index in [-0.39, 0.29) is 11.9 Å². The summed E-state index contributed by atoms with van der Waals surface area (Å²) in [6, 6.07) is 15.7. The van der Waals surface area contributed by atoms with Crippen LogP contribution >= 0.6 is 0 Å². The number of hydrogen-bond donors (Lipinski definition) is 1. The molecule has 3 aromatic rings. The van der Waals surface area contributed by atoms with Crippen LogP contribution in [0.4, 0.5) is 0 Å². The Morgan fingerprint density at radius 1 is 1.06 bits per heavy atom. The summed E-state index contributed by atoms with van der Waals surface area (Å²) in [6.07, 6.45) is 2.93. The molecule has 31 heavy (non-hydrogen) atoms. The van der Waals surface area contributed by atoms with Crippen LogP contribution in [0, 0.1) is 0 Å². The fraction of sp³-hybridized carbons (Fsp3) is 0.360. The topological polar surface area (TPSA) is 67.5 Å². The van der Waals surface area contributed by atoms with Crippen LogP contribution in [-0.4, -0.2) is 41.3 Å². The quantitative estimate of drug-likeness (QED) is 0.483. The maximum Gasteiger partial charge on any atom is 0.273 e. The van der Waals surface area contributed by atoms with Crippen LogP contribution in [0.2, 0.25) is 0 Å². The standard InChI is InChI=1S/C25H29N3O3/c1-4-6-15-31-19-13-12-18(16-20(19)30-3)24-21-22(17-10-8-7-9-11-17)26-27-23(21)25(29)28(24)14-5-2/h7-13,16,24H,4-6,14-15H2,1-3H3,(H,26,27). The van der Waals surface area contributed by atoms with E-state index in [0.717, 1.165) is 47.4 Å². The summed E-state index contributed by atoms with van der Waals surface area (Å²) in [6.45, 7) is 5.53. The van der Waals surface area contributed by atoms with Crippen molar-refractivity contribution in [1.82, 2.24) is 15.1 Å². The van der Waals surface area contributed by atoms with E-state index in [0.29, 0.717) is 24.6 Å². The van der Waals surface area contributed by atoms with Crippen molar-refractivity contribution in [3.05, 3.63) is 65.4 Å². The fourth-order valence-corrected chi connectivity index (χ4v) is 4.13. The van der Waals surface area contributed by atoms with Crippen molar-refractivity contribution in [3.8, 4) is 22.8 Å². The van der Waals surface area contributed by atoms with Gasteiger partial charge in [0.05, 0.1) is 25.5 Å². The van der Waals surface area contributed by atoms with E-state index in [1.54, 1.807) is 7.11 Å². The molecule has 0 saturated carbocycles. The molecule has 4 rings (SSSR count). The molecule has 1 aromatic heterocycles. The molecule has 2 aromatic carbocycles. The van der Waals surface area contributed by atoms with Crippen molar-refractivity contribution < 1.29 is 14.3 Å². The Hall–Kier alpha value is -3.28. The second-order valence-corrected chi connectivity index (χ2v) is 7.74. The molecular formula is C25H29N3O3. The summed E-state index contributed by atoms with van der Waals surface area (Å²) in [5.41, 5.74) is 4.28. The third-order valence-electron chi connectivity index (χ3n) is 5.63. The number of unbranched alkanes of at least 4 members (excludes halogenated alkanes) is 1. The van der Waals surface area contributed by atoms with Crippen molar-refractivity contribution >= 4 is 5.91 Å². The number of aromatic nitrogens is 2. The zero-order valence-electron chi connectivity index (χ0n) is 18.4. The van der Waals surface area contributed by atoms with Crippen LogP contribution in [-0.2, 0) is 0 Å². The Morgan fingerprint density at radius 2 is 1.87 bits per heavy atom. The van der Waals surface area contributed by atoms with E-state index in [1.165, 1.54) is 0 Å². The number of amides is 1. The number of carbonyl (C=O) groups is 1. The summed E-state index contributed by atoms with van der Waals surface area (Å²) < 4.78 is 11.5. The molecule has 0 spiro atoms. The fourth-order valence-electron chi connectivity index (χ4n) is 4.13. The van der Waals surface area contributed by atoms with Gasteiger partial charge in [-0.15, -0.1) is 0 Å². The summed E-state index contributed by atoms with van der Waals surface area (Å²) in [5.74, 6) is 1.39. The lowest BCUT2D eigenvalue weighted by molar-refractivity contribution is 0.0743. The zero-order chi connectivity index (χ0) is 21.8. The highest BCUT2D eigenvalue weighted by Crippen LogP contribution is 2.44. The average Bonchev–Trinajstić information content (AvgIpc) is 3.34. The van der Waals surface area contributed by atoms with Crippen LogP contribution in [0.1, 0.15) is 60.8 Å². The van der Waals surface area contributed by atoms with Crippen LogP contribution in [0.25, 0.3) is 11.3 Å². The van der Waals surface area contributed by atoms with Gasteiger partial charge in [-0.2, -0.15) is 5.10 Å². The van der Waals surface area contributed by atoms with Gasteiger partial charge in [-0.25, -0.2) is 0 Å². The second-order valence-electron chi connectivity index (χ2n) is 7.74. The van der Waals surface area contributed by atoms with Crippen molar-refractivity contribution in [1.29, 1.82) is 0 Å². The van der Waals surface area contributed by atoms with Crippen LogP contribution < -0.4 is 9.47 Å². The van der Waals surface area contributed by atoms with Gasteiger partial charge in [-0.3, -0.25) is 9.89 Å². The number of aromatic amines is 1. The van der Waals surface area contributed by atoms with E-state index in [1.807, 2.05) is 53.4 Å². The molecule has 1 unspecified atom stereocenters. The summed E-state index contributed by atoms with van der Waals surface area (Å²) >= 11 is 0. The number of hydrogen-bond acceptors (Lipinski definition) is 4. The molecule has 6 nitrogen and oxygen atoms in total. The largest absolute Gasteiger partial charge is 0.493 e. The van der Waals surface area contributed by atoms with Crippen molar-refractivity contribution in [2.24, 2.45) is 0 Å². The number of rotatable bonds is 9.